The average Bonchev–Trinajstić information content (AvgIpc) is 3.62. The summed E-state index contributed by atoms with van der Waals surface area (Å²) in [5.41, 5.74) is 32.0. The van der Waals surface area contributed by atoms with Gasteiger partial charge in [0, 0.05) is 40.7 Å². The minimum atomic E-state index is -4.65. The van der Waals surface area contributed by atoms with Crippen molar-refractivity contribution in [3.05, 3.63) is 214 Å². The molecule has 78 heavy (non-hydrogen) atoms. The van der Waals surface area contributed by atoms with Gasteiger partial charge in [-0.2, -0.15) is 13.2 Å². The largest absolute Gasteiger partial charge is 0.416 e. The Hall–Kier alpha value is -7.84. The van der Waals surface area contributed by atoms with Crippen LogP contribution in [-0.4, -0.2) is 15.0 Å². The molecule has 0 unspecified atom stereocenters. The molecule has 11 rings (SSSR count). The Morgan fingerprint density at radius 2 is 0.654 bits per heavy atom. The molecule has 0 atom stereocenters. The van der Waals surface area contributed by atoms with Gasteiger partial charge in [-0.25, -0.2) is 15.0 Å². The molecule has 8 heteroatoms. The summed E-state index contributed by atoms with van der Waals surface area (Å²) in [6, 6.07) is 30.6. The van der Waals surface area contributed by atoms with Gasteiger partial charge in [0.2, 0.25) is 0 Å². The first-order valence-corrected chi connectivity index (χ1v) is 27.2. The summed E-state index contributed by atoms with van der Waals surface area (Å²) in [4.78, 5) is 20.2. The van der Waals surface area contributed by atoms with E-state index in [2.05, 4.69) is 139 Å². The van der Waals surface area contributed by atoms with E-state index in [-0.39, 0.29) is 0 Å². The number of hydrogen-bond donors (Lipinski definition) is 0. The maximum Gasteiger partial charge on any atom is 0.416 e. The summed E-state index contributed by atoms with van der Waals surface area (Å²) >= 11 is 0. The predicted molar refractivity (Wildman–Crippen MR) is 317 cm³/mol. The topological polar surface area (TPSA) is 45.2 Å². The predicted octanol–water partition coefficient (Wildman–Crippen LogP) is 19.2. The zero-order valence-corrected chi connectivity index (χ0v) is 48.0. The van der Waals surface area contributed by atoms with E-state index in [4.69, 9.17) is 15.0 Å². The van der Waals surface area contributed by atoms with E-state index in [1.54, 1.807) is 6.07 Å². The van der Waals surface area contributed by atoms with Crippen molar-refractivity contribution in [1.29, 1.82) is 0 Å². The number of fused-ring (bicyclic) bond motifs is 4. The van der Waals surface area contributed by atoms with Crippen LogP contribution < -0.4 is 9.80 Å². The van der Waals surface area contributed by atoms with Crippen LogP contribution >= 0.6 is 0 Å². The van der Waals surface area contributed by atoms with Crippen LogP contribution in [0.4, 0.5) is 47.3 Å². The molecule has 9 aromatic rings. The number of halogens is 3. The highest BCUT2D eigenvalue weighted by molar-refractivity contribution is 6.02. The lowest BCUT2D eigenvalue weighted by Gasteiger charge is -2.42. The third-order valence-corrected chi connectivity index (χ3v) is 18.8. The molecular weight excluding hydrogens is 968 g/mol. The highest BCUT2D eigenvalue weighted by Crippen LogP contribution is 2.58. The molecule has 0 N–H and O–H groups in total. The zero-order valence-electron chi connectivity index (χ0n) is 48.0. The van der Waals surface area contributed by atoms with E-state index >= 15 is 13.2 Å². The monoisotopic (exact) mass is 1040 g/mol. The SMILES string of the molecule is Cc1c(C)c(C)c2c(c1C)Cc1c(C)c(C)c(C)c(C)c1N2c1ccc(-c2nc(-c3ccccc3)nc(-c3ccccc3)n2)cc1-c1ccc(C(F)(F)F)cc1N1c2c(C)c(C)c(C)c(C)c2Cc2c(C)c(C)c(C)c(C)c21. The fraction of sp³-hybridized carbons (Fsp3) is 0.271. The fourth-order valence-electron chi connectivity index (χ4n) is 12.8. The second-order valence-corrected chi connectivity index (χ2v) is 22.3. The maximum absolute atomic E-state index is 15.8. The van der Waals surface area contributed by atoms with E-state index in [0.29, 0.717) is 40.7 Å². The quantitative estimate of drug-likeness (QED) is 0.166. The molecule has 0 bridgehead atoms. The Morgan fingerprint density at radius 1 is 0.321 bits per heavy atom. The fourth-order valence-corrected chi connectivity index (χ4v) is 12.8. The first-order chi connectivity index (χ1) is 37.0. The van der Waals surface area contributed by atoms with Gasteiger partial charge in [0.15, 0.2) is 17.5 Å². The van der Waals surface area contributed by atoms with Crippen molar-refractivity contribution >= 4 is 34.1 Å². The van der Waals surface area contributed by atoms with E-state index in [1.807, 2.05) is 60.7 Å². The number of anilines is 6. The number of alkyl halides is 3. The van der Waals surface area contributed by atoms with E-state index in [0.717, 1.165) is 96.1 Å². The summed E-state index contributed by atoms with van der Waals surface area (Å²) < 4.78 is 47.3. The highest BCUT2D eigenvalue weighted by atomic mass is 19.4. The Morgan fingerprint density at radius 3 is 1.01 bits per heavy atom. The molecule has 0 saturated carbocycles. The van der Waals surface area contributed by atoms with Crippen molar-refractivity contribution in [2.45, 2.75) is 130 Å². The van der Waals surface area contributed by atoms with Gasteiger partial charge in [-0.3, -0.25) is 0 Å². The standard InChI is InChI=1S/C70H68F3N5/c1-35-39(5)47(13)63-56(43(35)9)33-57-44(10)36(2)40(6)48(14)64(57)77(63)61-30-27-53(69-75-67(51-23-19-17-20-24-51)74-68(76-69)52-25-21-18-22-26-52)31-60(61)55-29-28-54(70(71,72)73)32-62(55)78-65-49(15)41(7)37(3)45(11)58(65)34-59-46(12)38(4)42(8)50(16)66(59)78/h17-32H,33-34H2,1-16H3. The molecule has 2 aliphatic heterocycles. The van der Waals surface area contributed by atoms with Crippen molar-refractivity contribution in [2.75, 3.05) is 9.80 Å². The molecule has 0 spiro atoms. The third kappa shape index (κ3) is 7.99. The van der Waals surface area contributed by atoms with E-state index in [9.17, 15) is 0 Å². The number of hydrogen-bond acceptors (Lipinski definition) is 5. The number of nitrogens with zero attached hydrogens (tertiary/aromatic N) is 5. The third-order valence-electron chi connectivity index (χ3n) is 18.8. The zero-order chi connectivity index (χ0) is 55.7. The van der Waals surface area contributed by atoms with Crippen molar-refractivity contribution < 1.29 is 13.2 Å². The lowest BCUT2D eigenvalue weighted by molar-refractivity contribution is -0.137. The molecule has 0 aliphatic carbocycles. The minimum Gasteiger partial charge on any atom is -0.309 e. The summed E-state index contributed by atoms with van der Waals surface area (Å²) in [6.07, 6.45) is -3.22. The van der Waals surface area contributed by atoms with Gasteiger partial charge >= 0.3 is 6.18 Å². The van der Waals surface area contributed by atoms with Crippen molar-refractivity contribution in [1.82, 2.24) is 15.0 Å². The molecule has 0 radical (unpaired) electrons. The van der Waals surface area contributed by atoms with Gasteiger partial charge in [-0.05, 0) is 252 Å². The average molecular weight is 1040 g/mol. The first kappa shape index (κ1) is 52.2. The van der Waals surface area contributed by atoms with Gasteiger partial charge in [0.05, 0.1) is 39.7 Å². The summed E-state index contributed by atoms with van der Waals surface area (Å²) in [6.45, 7) is 35.1. The second kappa shape index (κ2) is 19.0. The normalized spacial score (nSPS) is 12.9. The molecule has 0 fully saturated rings. The maximum atomic E-state index is 15.8. The Bertz CT molecular complexity index is 3820. The molecule has 394 valence electrons. The van der Waals surface area contributed by atoms with Gasteiger partial charge in [0.25, 0.3) is 0 Å². The van der Waals surface area contributed by atoms with Crippen LogP contribution in [0.25, 0.3) is 45.3 Å². The summed E-state index contributed by atoms with van der Waals surface area (Å²) in [7, 11) is 0. The van der Waals surface area contributed by atoms with Crippen LogP contribution in [0.15, 0.2) is 97.1 Å². The van der Waals surface area contributed by atoms with Gasteiger partial charge in [-0.15, -0.1) is 0 Å². The Kier molecular flexibility index (Phi) is 12.7. The van der Waals surface area contributed by atoms with Crippen LogP contribution in [0.1, 0.15) is 117 Å². The first-order valence-electron chi connectivity index (χ1n) is 27.2. The van der Waals surface area contributed by atoms with Gasteiger partial charge < -0.3 is 9.80 Å². The van der Waals surface area contributed by atoms with Crippen LogP contribution in [-0.2, 0) is 19.0 Å². The molecule has 2 aliphatic rings. The molecule has 3 heterocycles. The Labute approximate surface area is 458 Å². The van der Waals surface area contributed by atoms with Gasteiger partial charge in [0.1, 0.15) is 0 Å². The van der Waals surface area contributed by atoms with Crippen LogP contribution in [0.5, 0.6) is 0 Å². The van der Waals surface area contributed by atoms with Crippen LogP contribution in [0.3, 0.4) is 0 Å². The second-order valence-electron chi connectivity index (χ2n) is 22.3. The summed E-state index contributed by atoms with van der Waals surface area (Å²) in [5, 5.41) is 0. The van der Waals surface area contributed by atoms with Crippen molar-refractivity contribution in [3.63, 3.8) is 0 Å². The van der Waals surface area contributed by atoms with Crippen LogP contribution in [0, 0.1) is 111 Å². The van der Waals surface area contributed by atoms with E-state index in [1.165, 1.54) is 78.9 Å². The van der Waals surface area contributed by atoms with E-state index < -0.39 is 11.7 Å². The van der Waals surface area contributed by atoms with Gasteiger partial charge in [-0.1, -0.05) is 66.7 Å². The number of rotatable bonds is 6. The molecule has 8 aromatic carbocycles. The smallest absolute Gasteiger partial charge is 0.309 e. The van der Waals surface area contributed by atoms with Crippen molar-refractivity contribution in [3.8, 4) is 45.3 Å². The Balaban J connectivity index is 1.33. The molecule has 0 saturated heterocycles. The minimum absolute atomic E-state index is 0.448. The molecule has 1 aromatic heterocycles. The molecule has 0 amide bonds. The highest BCUT2D eigenvalue weighted by Gasteiger charge is 2.39. The van der Waals surface area contributed by atoms with Crippen LogP contribution in [0.2, 0.25) is 0 Å². The van der Waals surface area contributed by atoms with Crippen molar-refractivity contribution in [2.24, 2.45) is 0 Å². The number of benzene rings is 8. The lowest BCUT2D eigenvalue weighted by atomic mass is 9.80. The molecular formula is C70H68F3N5. The lowest BCUT2D eigenvalue weighted by Crippen LogP contribution is -2.26. The number of aromatic nitrogens is 3. The molecule has 5 nitrogen and oxygen atoms in total. The summed E-state index contributed by atoms with van der Waals surface area (Å²) in [5.74, 6) is 1.48.